The maximum Gasteiger partial charge on any atom is 0.231 e. The average molecular weight is 902 g/mol. The first kappa shape index (κ1) is 49.5. The van der Waals surface area contributed by atoms with Gasteiger partial charge in [0, 0.05) is 69.5 Å². The van der Waals surface area contributed by atoms with Crippen LogP contribution in [0, 0.1) is 31.6 Å². The summed E-state index contributed by atoms with van der Waals surface area (Å²) in [5.74, 6) is 4.69. The largest absolute Gasteiger partial charge is 0.307 e. The van der Waals surface area contributed by atoms with Crippen molar-refractivity contribution in [1.82, 2.24) is 55.3 Å². The third kappa shape index (κ3) is 12.3. The highest BCUT2D eigenvalue weighted by Crippen LogP contribution is 2.32. The van der Waals surface area contributed by atoms with Crippen molar-refractivity contribution in [2.24, 2.45) is 32.7 Å². The van der Waals surface area contributed by atoms with Crippen LogP contribution >= 0.6 is 0 Å². The van der Waals surface area contributed by atoms with Gasteiger partial charge < -0.3 is 5.32 Å². The average Bonchev–Trinajstić information content (AvgIpc) is 4.16. The molecule has 0 radical (unpaired) electrons. The van der Waals surface area contributed by atoms with Gasteiger partial charge in [-0.1, -0.05) is 74.9 Å². The highest BCUT2D eigenvalue weighted by atomic mass is 15.2. The second kappa shape index (κ2) is 23.0. The molecule has 0 atom stereocenters. The summed E-state index contributed by atoms with van der Waals surface area (Å²) in [4.78, 5) is 42.5. The number of aromatic nitrogens is 11. The molecular formula is C52H67N15. The van der Waals surface area contributed by atoms with Gasteiger partial charge >= 0.3 is 0 Å². The van der Waals surface area contributed by atoms with E-state index in [2.05, 4.69) is 131 Å². The Balaban J connectivity index is 0.000000139. The summed E-state index contributed by atoms with van der Waals surface area (Å²) in [6.07, 6.45) is 14.3. The van der Waals surface area contributed by atoms with Crippen LogP contribution in [0.4, 0.5) is 11.8 Å². The molecule has 0 saturated heterocycles. The van der Waals surface area contributed by atoms with Crippen LogP contribution in [-0.2, 0) is 13.1 Å². The molecule has 7 aromatic rings. The minimum atomic E-state index is 0. The van der Waals surface area contributed by atoms with Crippen LogP contribution in [-0.4, -0.2) is 79.0 Å². The predicted molar refractivity (Wildman–Crippen MR) is 272 cm³/mol. The Morgan fingerprint density at radius 3 is 2.01 bits per heavy atom. The number of para-hydroxylation sites is 1. The number of anilines is 2. The topological polar surface area (TPSA) is 197 Å². The summed E-state index contributed by atoms with van der Waals surface area (Å²) in [5.41, 5.74) is 14.7. The number of aromatic amines is 2. The number of H-pyrrole nitrogens is 2. The van der Waals surface area contributed by atoms with Gasteiger partial charge in [-0.25, -0.2) is 19.9 Å². The highest BCUT2D eigenvalue weighted by molar-refractivity contribution is 6.05. The second-order valence-corrected chi connectivity index (χ2v) is 17.9. The molecule has 1 aromatic carbocycles. The number of hydrogen-bond acceptors (Lipinski definition) is 13. The van der Waals surface area contributed by atoms with Gasteiger partial charge in [-0.15, -0.1) is 0 Å². The van der Waals surface area contributed by atoms with E-state index in [1.807, 2.05) is 74.9 Å². The van der Waals surface area contributed by atoms with Crippen molar-refractivity contribution in [3.63, 3.8) is 0 Å². The van der Waals surface area contributed by atoms with Crippen LogP contribution in [0.25, 0.3) is 21.9 Å². The Morgan fingerprint density at radius 2 is 1.27 bits per heavy atom. The zero-order chi connectivity index (χ0) is 46.7. The quantitative estimate of drug-likeness (QED) is 0.144. The van der Waals surface area contributed by atoms with E-state index in [9.17, 15) is 0 Å². The van der Waals surface area contributed by atoms with Gasteiger partial charge in [0.05, 0.1) is 30.8 Å². The van der Waals surface area contributed by atoms with E-state index in [-0.39, 0.29) is 7.43 Å². The summed E-state index contributed by atoms with van der Waals surface area (Å²) in [7, 11) is 0. The molecule has 3 aliphatic heterocycles. The standard InChI is InChI=1S/C12H12N6.C11H17N.C10H12N2.2C9H11N3.CH4/c1-7-13-8(2)15-12(14-7)16-11-9-5-3-4-6-10(9)17-18-11;1-8(2)11-10-6-4-3-5-9(10)7-12-11;1-7(2)10-9-6-11-4-3-8(9)5-12-10;1-6(2)9-7-3-10-5-12-8(7)4-11-9;1-6(2)8-7-4-3-5-10-9(7)12-11-8;/h3-6H,1-2H3,(H2,13,14,15,16,17,18);8H,3-7H2,1-2H3;3-4,6-7H,5H2,1-2H3;3,5-6H,4H2,1-2H3;3-6H,1-2H3,(H,10,11,12);1H4. The highest BCUT2D eigenvalue weighted by Gasteiger charge is 2.23. The molecule has 4 aliphatic rings. The molecule has 6 aromatic heterocycles. The van der Waals surface area contributed by atoms with Gasteiger partial charge in [0.1, 0.15) is 18.0 Å². The van der Waals surface area contributed by atoms with Crippen LogP contribution in [0.1, 0.15) is 134 Å². The molecule has 3 N–H and O–H groups in total. The number of pyridine rings is 2. The smallest absolute Gasteiger partial charge is 0.231 e. The first-order chi connectivity index (χ1) is 31.9. The number of benzene rings is 1. The fourth-order valence-corrected chi connectivity index (χ4v) is 8.38. The molecule has 0 unspecified atom stereocenters. The molecular weight excluding hydrogens is 835 g/mol. The second-order valence-electron chi connectivity index (χ2n) is 17.9. The molecule has 15 heteroatoms. The van der Waals surface area contributed by atoms with Crippen LogP contribution in [0.15, 0.2) is 99.7 Å². The number of fused-ring (bicyclic) bond motifs is 4. The van der Waals surface area contributed by atoms with E-state index in [1.165, 1.54) is 48.2 Å². The van der Waals surface area contributed by atoms with Crippen LogP contribution in [0.2, 0.25) is 0 Å². The minimum Gasteiger partial charge on any atom is -0.307 e. The van der Waals surface area contributed by atoms with Gasteiger partial charge in [0.2, 0.25) is 5.95 Å². The Labute approximate surface area is 395 Å². The lowest BCUT2D eigenvalue weighted by Gasteiger charge is -2.16. The van der Waals surface area contributed by atoms with Crippen LogP contribution in [0.5, 0.6) is 0 Å². The summed E-state index contributed by atoms with van der Waals surface area (Å²) in [6.45, 7) is 23.7. The zero-order valence-electron chi connectivity index (χ0n) is 40.1. The van der Waals surface area contributed by atoms with Gasteiger partial charge in [0.25, 0.3) is 0 Å². The molecule has 9 heterocycles. The van der Waals surface area contributed by atoms with Crippen LogP contribution in [0.3, 0.4) is 0 Å². The molecule has 0 spiro atoms. The molecule has 0 amide bonds. The maximum absolute atomic E-state index is 4.62. The van der Waals surface area contributed by atoms with Crippen molar-refractivity contribution >= 4 is 50.8 Å². The van der Waals surface area contributed by atoms with Crippen molar-refractivity contribution in [1.29, 1.82) is 0 Å². The lowest BCUT2D eigenvalue weighted by atomic mass is 9.88. The van der Waals surface area contributed by atoms with Gasteiger partial charge in [0.15, 0.2) is 11.5 Å². The zero-order valence-corrected chi connectivity index (χ0v) is 40.1. The Bertz CT molecular complexity index is 2790. The summed E-state index contributed by atoms with van der Waals surface area (Å²) in [6, 6.07) is 13.9. The van der Waals surface area contributed by atoms with Crippen molar-refractivity contribution in [3.05, 3.63) is 124 Å². The third-order valence-electron chi connectivity index (χ3n) is 11.5. The first-order valence-corrected chi connectivity index (χ1v) is 23.1. The van der Waals surface area contributed by atoms with E-state index in [0.717, 1.165) is 70.1 Å². The maximum atomic E-state index is 4.62. The van der Waals surface area contributed by atoms with Crippen LogP contribution < -0.4 is 5.32 Å². The van der Waals surface area contributed by atoms with E-state index in [1.54, 1.807) is 23.7 Å². The first-order valence-electron chi connectivity index (χ1n) is 23.1. The number of nitrogens with zero attached hydrogens (tertiary/aromatic N) is 12. The summed E-state index contributed by atoms with van der Waals surface area (Å²) >= 11 is 0. The van der Waals surface area contributed by atoms with E-state index < -0.39 is 0 Å². The van der Waals surface area contributed by atoms with Crippen molar-refractivity contribution in [3.8, 4) is 0 Å². The van der Waals surface area contributed by atoms with Crippen molar-refractivity contribution in [2.75, 3.05) is 11.9 Å². The number of aryl methyl sites for hydroxylation is 2. The lowest BCUT2D eigenvalue weighted by Crippen LogP contribution is -2.10. The summed E-state index contributed by atoms with van der Waals surface area (Å²) in [5, 5.41) is 19.5. The van der Waals surface area contributed by atoms with Crippen molar-refractivity contribution < 1.29 is 0 Å². The Hall–Kier alpha value is -6.90. The predicted octanol–water partition coefficient (Wildman–Crippen LogP) is 11.3. The molecule has 11 rings (SSSR count). The Morgan fingerprint density at radius 1 is 0.597 bits per heavy atom. The number of allylic oxidation sites excluding steroid dienone is 1. The number of nitrogens with one attached hydrogen (secondary N) is 3. The normalized spacial score (nSPS) is 14.3. The molecule has 1 aliphatic carbocycles. The van der Waals surface area contributed by atoms with Crippen molar-refractivity contribution in [2.45, 2.75) is 121 Å². The van der Waals surface area contributed by atoms with E-state index >= 15 is 0 Å². The third-order valence-corrected chi connectivity index (χ3v) is 11.5. The lowest BCUT2D eigenvalue weighted by molar-refractivity contribution is 0.684. The molecule has 0 fully saturated rings. The summed E-state index contributed by atoms with van der Waals surface area (Å²) < 4.78 is 0. The minimum absolute atomic E-state index is 0. The molecule has 15 nitrogen and oxygen atoms in total. The SMILES string of the molecule is C.CC(C)C1=NCC2=C1CCCC2.CC(C)C1=NCc2ccncc21.CC(C)C1=NCc2ncncc21.CC(C)c1[nH]nc2ncccc12.Cc1nc(C)nc(Nc2n[nH]c3ccccc23)n1. The van der Waals surface area contributed by atoms with Gasteiger partial charge in [-0.05, 0) is 110 Å². The van der Waals surface area contributed by atoms with Gasteiger partial charge in [-0.2, -0.15) is 20.2 Å². The molecule has 0 saturated carbocycles. The molecule has 67 heavy (non-hydrogen) atoms. The fraction of sp³-hybridized carbons (Fsp3) is 0.423. The monoisotopic (exact) mass is 902 g/mol. The number of hydrogen-bond donors (Lipinski definition) is 3. The number of aliphatic imine (C=N–C) groups is 3. The Kier molecular flexibility index (Phi) is 17.0. The van der Waals surface area contributed by atoms with Gasteiger partial charge in [-0.3, -0.25) is 30.2 Å². The number of rotatable bonds is 6. The molecule has 0 bridgehead atoms. The fourth-order valence-electron chi connectivity index (χ4n) is 8.38. The van der Waals surface area contributed by atoms with E-state index in [4.69, 9.17) is 0 Å². The van der Waals surface area contributed by atoms with E-state index in [0.29, 0.717) is 41.3 Å². The molecule has 350 valence electrons.